The topological polar surface area (TPSA) is 9.72 Å². The van der Waals surface area contributed by atoms with Crippen molar-refractivity contribution in [2.75, 3.05) is 14.7 Å². The number of hydrogen-bond acceptors (Lipinski definition) is 3. The van der Waals surface area contributed by atoms with Crippen molar-refractivity contribution in [1.29, 1.82) is 0 Å². The van der Waals surface area contributed by atoms with Crippen LogP contribution < -0.4 is 31.1 Å². The number of rotatable bonds is 2. The zero-order chi connectivity index (χ0) is 42.1. The van der Waals surface area contributed by atoms with Gasteiger partial charge in [0, 0.05) is 50.6 Å². The molecule has 5 aromatic carbocycles. The smallest absolute Gasteiger partial charge is 0.252 e. The lowest BCUT2D eigenvalue weighted by molar-refractivity contribution is 0.194. The Bertz CT molecular complexity index is 2660. The van der Waals surface area contributed by atoms with Gasteiger partial charge in [-0.2, -0.15) is 0 Å². The fourth-order valence-corrected chi connectivity index (χ4v) is 13.6. The van der Waals surface area contributed by atoms with E-state index < -0.39 is 0 Å². The lowest BCUT2D eigenvalue weighted by atomic mass is 9.33. The largest absolute Gasteiger partial charge is 0.335 e. The van der Waals surface area contributed by atoms with Crippen molar-refractivity contribution >= 4 is 62.9 Å². The molecule has 4 unspecified atom stereocenters. The highest BCUT2D eigenvalue weighted by molar-refractivity contribution is 7.00. The number of hydrogen-bond donors (Lipinski definition) is 0. The van der Waals surface area contributed by atoms with Gasteiger partial charge in [-0.1, -0.05) is 130 Å². The zero-order valence-electron chi connectivity index (χ0n) is 38.7. The molecule has 2 aliphatic carbocycles. The highest BCUT2D eigenvalue weighted by atomic mass is 15.3. The summed E-state index contributed by atoms with van der Waals surface area (Å²) >= 11 is 0. The van der Waals surface area contributed by atoms with E-state index in [1.807, 2.05) is 0 Å². The minimum absolute atomic E-state index is 0.0316. The van der Waals surface area contributed by atoms with Gasteiger partial charge in [0.1, 0.15) is 0 Å². The van der Waals surface area contributed by atoms with Gasteiger partial charge in [0.2, 0.25) is 0 Å². The molecule has 3 nitrogen and oxygen atoms in total. The average molecular weight is 792 g/mol. The molecule has 11 rings (SSSR count). The Balaban J connectivity index is 1.27. The van der Waals surface area contributed by atoms with Gasteiger partial charge in [0.05, 0.1) is 11.1 Å². The number of fused-ring (bicyclic) bond motifs is 10. The molecule has 2 fully saturated rings. The van der Waals surface area contributed by atoms with E-state index in [0.717, 1.165) is 0 Å². The van der Waals surface area contributed by atoms with Crippen LogP contribution in [-0.4, -0.2) is 17.8 Å². The Morgan fingerprint density at radius 3 is 1.80 bits per heavy atom. The van der Waals surface area contributed by atoms with Crippen molar-refractivity contribution in [3.63, 3.8) is 0 Å². The zero-order valence-corrected chi connectivity index (χ0v) is 38.7. The minimum atomic E-state index is -0.0601. The third-order valence-corrected chi connectivity index (χ3v) is 17.5. The van der Waals surface area contributed by atoms with E-state index in [9.17, 15) is 0 Å². The number of nitrogens with zero attached hydrogens (tertiary/aromatic N) is 3. The van der Waals surface area contributed by atoms with Crippen LogP contribution >= 0.6 is 0 Å². The Morgan fingerprint density at radius 2 is 1.12 bits per heavy atom. The highest BCUT2D eigenvalue weighted by Gasteiger charge is 2.63. The molecule has 0 amide bonds. The summed E-state index contributed by atoms with van der Waals surface area (Å²) in [4.78, 5) is 8.46. The van der Waals surface area contributed by atoms with Crippen LogP contribution in [0.3, 0.4) is 0 Å². The third kappa shape index (κ3) is 4.80. The molecule has 4 heterocycles. The molecule has 0 radical (unpaired) electrons. The highest BCUT2D eigenvalue weighted by Crippen LogP contribution is 2.65. The van der Waals surface area contributed by atoms with Gasteiger partial charge in [-0.3, -0.25) is 0 Å². The first-order valence-corrected chi connectivity index (χ1v) is 23.4. The Kier molecular flexibility index (Phi) is 7.79. The van der Waals surface area contributed by atoms with Crippen LogP contribution in [-0.2, 0) is 21.7 Å². The maximum Gasteiger partial charge on any atom is 0.252 e. The number of aryl methyl sites for hydroxylation is 2. The first-order chi connectivity index (χ1) is 28.3. The minimum Gasteiger partial charge on any atom is -0.335 e. The van der Waals surface area contributed by atoms with Crippen LogP contribution in [0.1, 0.15) is 154 Å². The van der Waals surface area contributed by atoms with E-state index in [-0.39, 0.29) is 39.5 Å². The van der Waals surface area contributed by atoms with Gasteiger partial charge in [0.25, 0.3) is 6.71 Å². The molecule has 4 aliphatic heterocycles. The maximum absolute atomic E-state index is 2.94. The maximum atomic E-state index is 2.94. The van der Waals surface area contributed by atoms with Crippen LogP contribution in [0, 0.1) is 13.8 Å². The van der Waals surface area contributed by atoms with Crippen LogP contribution in [0.2, 0.25) is 0 Å². The van der Waals surface area contributed by atoms with Gasteiger partial charge in [0.15, 0.2) is 0 Å². The van der Waals surface area contributed by atoms with Crippen LogP contribution in [0.5, 0.6) is 0 Å². The van der Waals surface area contributed by atoms with Crippen molar-refractivity contribution in [2.24, 2.45) is 0 Å². The fraction of sp³-hybridized carbons (Fsp3) is 0.464. The summed E-state index contributed by atoms with van der Waals surface area (Å²) < 4.78 is 0. The molecule has 0 saturated heterocycles. The summed E-state index contributed by atoms with van der Waals surface area (Å²) in [6.07, 6.45) is 9.94. The monoisotopic (exact) mass is 792 g/mol. The second kappa shape index (κ2) is 12.1. The molecule has 0 N–H and O–H groups in total. The molecule has 6 aliphatic rings. The molecule has 0 aromatic heterocycles. The van der Waals surface area contributed by atoms with E-state index in [1.54, 1.807) is 11.1 Å². The van der Waals surface area contributed by atoms with Crippen LogP contribution in [0.4, 0.5) is 39.8 Å². The van der Waals surface area contributed by atoms with E-state index in [2.05, 4.69) is 183 Å². The molecule has 60 heavy (non-hydrogen) atoms. The van der Waals surface area contributed by atoms with Gasteiger partial charge in [-0.25, -0.2) is 0 Å². The quantitative estimate of drug-likeness (QED) is 0.162. The summed E-state index contributed by atoms with van der Waals surface area (Å²) in [6, 6.07) is 34.8. The SMILES string of the molecule is Cc1cccc(N2c3cc(C)ccc3B3c4cc(C(C)(C)C)cc5c4N(c4cc(N6c7ccc(C(C)(C)C)cc7C7(C)CCCCC67C)cc2c43)C2(C)CCCCC52C)c1. The van der Waals surface area contributed by atoms with Gasteiger partial charge < -0.3 is 14.7 Å². The first kappa shape index (κ1) is 38.5. The van der Waals surface area contributed by atoms with Crippen LogP contribution in [0.25, 0.3) is 0 Å². The molecule has 2 saturated carbocycles. The van der Waals surface area contributed by atoms with E-state index >= 15 is 0 Å². The second-order valence-electron chi connectivity index (χ2n) is 23.1. The van der Waals surface area contributed by atoms with Crippen molar-refractivity contribution in [2.45, 2.75) is 167 Å². The predicted octanol–water partition coefficient (Wildman–Crippen LogP) is 13.0. The normalized spacial score (nSPS) is 27.3. The number of benzene rings is 5. The Labute approximate surface area is 361 Å². The molecule has 0 bridgehead atoms. The molecule has 308 valence electrons. The van der Waals surface area contributed by atoms with Crippen LogP contribution in [0.15, 0.2) is 84.9 Å². The van der Waals surface area contributed by atoms with E-state index in [0.29, 0.717) is 0 Å². The van der Waals surface area contributed by atoms with Crippen molar-refractivity contribution < 1.29 is 0 Å². The summed E-state index contributed by atoms with van der Waals surface area (Å²) in [7, 11) is 0. The third-order valence-electron chi connectivity index (χ3n) is 17.5. The molecule has 4 atom stereocenters. The van der Waals surface area contributed by atoms with E-state index in [1.165, 1.54) is 130 Å². The molecular formula is C56H66BN3. The fourth-order valence-electron chi connectivity index (χ4n) is 13.6. The standard InChI is InChI=1S/C56H66BN3/c1-35-18-17-19-39(28-35)58-46-29-36(2)20-22-43(46)57-44-32-38(52(6,7)8)31-42-50(44)60(56(12)27-16-14-25-54(42,56)10)48-34-40(33-47(58)49(48)57)59-45-23-21-37(51(3,4)5)30-41(45)53(9)24-13-15-26-55(53,59)11/h17-23,28-34H,13-16,24-27H2,1-12H3. The summed E-state index contributed by atoms with van der Waals surface area (Å²) in [5.74, 6) is 0. The van der Waals surface area contributed by atoms with E-state index in [4.69, 9.17) is 0 Å². The van der Waals surface area contributed by atoms with Crippen molar-refractivity contribution in [3.8, 4) is 0 Å². The summed E-state index contributed by atoms with van der Waals surface area (Å²) in [5.41, 5.74) is 22.8. The van der Waals surface area contributed by atoms with Gasteiger partial charge in [-0.05, 0) is 150 Å². The lowest BCUT2D eigenvalue weighted by Crippen LogP contribution is -2.64. The number of anilines is 7. The summed E-state index contributed by atoms with van der Waals surface area (Å²) in [5, 5.41) is 0. The molecule has 5 aromatic rings. The lowest BCUT2D eigenvalue weighted by Gasteiger charge is -2.53. The first-order valence-electron chi connectivity index (χ1n) is 23.4. The Morgan fingerprint density at radius 1 is 0.500 bits per heavy atom. The van der Waals surface area contributed by atoms with Gasteiger partial charge in [-0.15, -0.1) is 0 Å². The summed E-state index contributed by atoms with van der Waals surface area (Å²) in [6.45, 7) is 29.5. The average Bonchev–Trinajstić information content (AvgIpc) is 3.53. The van der Waals surface area contributed by atoms with Crippen molar-refractivity contribution in [1.82, 2.24) is 0 Å². The molecule has 4 heteroatoms. The molecular weight excluding hydrogens is 725 g/mol. The predicted molar refractivity (Wildman–Crippen MR) is 258 cm³/mol. The van der Waals surface area contributed by atoms with Gasteiger partial charge >= 0.3 is 0 Å². The Hall–Kier alpha value is -4.44. The van der Waals surface area contributed by atoms with Crippen molar-refractivity contribution in [3.05, 3.63) is 118 Å². The second-order valence-corrected chi connectivity index (χ2v) is 23.1. The molecule has 0 spiro atoms.